The topological polar surface area (TPSA) is 12.5 Å². The molecule has 1 aliphatic carbocycles. The molecule has 1 aromatic rings. The molecule has 2 aliphatic rings. The molecule has 1 aliphatic heterocycles. The number of ether oxygens (including phenoxy) is 1. The number of benzene rings is 1. The summed E-state index contributed by atoms with van der Waals surface area (Å²) < 4.78 is 7.87. The van der Waals surface area contributed by atoms with Crippen molar-refractivity contribution in [1.29, 1.82) is 0 Å². The van der Waals surface area contributed by atoms with Crippen LogP contribution >= 0.6 is 15.9 Å². The van der Waals surface area contributed by atoms with Gasteiger partial charge in [0.15, 0.2) is 0 Å². The molecular weight excluding hydrogens is 362 g/mol. The summed E-state index contributed by atoms with van der Waals surface area (Å²) >= 11 is 3.74. The van der Waals surface area contributed by atoms with Gasteiger partial charge in [0.2, 0.25) is 0 Å². The summed E-state index contributed by atoms with van der Waals surface area (Å²) in [5.74, 6) is 1.38. The lowest BCUT2D eigenvalue weighted by molar-refractivity contribution is -0.234. The largest absolute Gasteiger partial charge is 0.355 e. The number of fused-ring (bicyclic) bond motifs is 1. The lowest BCUT2D eigenvalue weighted by Crippen LogP contribution is -2.61. The molecule has 1 heterocycles. The molecule has 2 fully saturated rings. The number of halogens is 1. The highest BCUT2D eigenvalue weighted by atomic mass is 79.9. The quantitative estimate of drug-likeness (QED) is 0.591. The molecule has 1 aromatic carbocycles. The molecule has 2 unspecified atom stereocenters. The van der Waals surface area contributed by atoms with E-state index in [1.807, 2.05) is 0 Å². The smallest absolute Gasteiger partial charge is 0.138 e. The summed E-state index contributed by atoms with van der Waals surface area (Å²) in [7, 11) is 0. The fourth-order valence-electron chi connectivity index (χ4n) is 4.51. The van der Waals surface area contributed by atoms with Gasteiger partial charge in [0.05, 0.1) is 6.10 Å². The highest BCUT2D eigenvalue weighted by molar-refractivity contribution is 9.10. The first-order chi connectivity index (χ1) is 11.4. The SMILES string of the molecule is C/C=C/CN1[C@H](c2ccccc2Br)OC2C[C@H](C)CCC2C1(C)C. The zero-order valence-corrected chi connectivity index (χ0v) is 16.9. The fourth-order valence-corrected chi connectivity index (χ4v) is 4.99. The average molecular weight is 392 g/mol. The maximum absolute atomic E-state index is 6.73. The van der Waals surface area contributed by atoms with Gasteiger partial charge in [-0.05, 0) is 45.6 Å². The van der Waals surface area contributed by atoms with E-state index in [-0.39, 0.29) is 11.8 Å². The monoisotopic (exact) mass is 391 g/mol. The molecule has 3 rings (SSSR count). The van der Waals surface area contributed by atoms with Crippen molar-refractivity contribution in [2.75, 3.05) is 6.54 Å². The minimum atomic E-state index is 0.0123. The molecule has 132 valence electrons. The highest BCUT2D eigenvalue weighted by Crippen LogP contribution is 2.49. The molecule has 3 heteroatoms. The molecule has 24 heavy (non-hydrogen) atoms. The summed E-state index contributed by atoms with van der Waals surface area (Å²) in [6.45, 7) is 10.2. The van der Waals surface area contributed by atoms with Crippen molar-refractivity contribution >= 4 is 15.9 Å². The summed E-state index contributed by atoms with van der Waals surface area (Å²) in [4.78, 5) is 2.55. The van der Waals surface area contributed by atoms with Crippen LogP contribution in [0.2, 0.25) is 0 Å². The third-order valence-electron chi connectivity index (χ3n) is 6.00. The molecule has 0 aromatic heterocycles. The Morgan fingerprint density at radius 3 is 2.75 bits per heavy atom. The van der Waals surface area contributed by atoms with Crippen LogP contribution in [0.1, 0.15) is 58.7 Å². The van der Waals surface area contributed by atoms with E-state index in [2.05, 4.69) is 84.9 Å². The molecule has 4 atom stereocenters. The van der Waals surface area contributed by atoms with Crippen molar-refractivity contribution in [3.63, 3.8) is 0 Å². The third kappa shape index (κ3) is 3.36. The number of hydrogen-bond donors (Lipinski definition) is 0. The Morgan fingerprint density at radius 1 is 1.29 bits per heavy atom. The Labute approximate surface area is 155 Å². The van der Waals surface area contributed by atoms with Gasteiger partial charge in [0.25, 0.3) is 0 Å². The van der Waals surface area contributed by atoms with Gasteiger partial charge in [-0.25, -0.2) is 0 Å². The molecule has 0 bridgehead atoms. The van der Waals surface area contributed by atoms with Crippen molar-refractivity contribution in [1.82, 2.24) is 4.90 Å². The zero-order chi connectivity index (χ0) is 17.3. The Morgan fingerprint density at radius 2 is 2.04 bits per heavy atom. The van der Waals surface area contributed by atoms with E-state index >= 15 is 0 Å². The van der Waals surface area contributed by atoms with Crippen molar-refractivity contribution in [3.05, 3.63) is 46.5 Å². The number of allylic oxidation sites excluding steroid dienone is 1. The van der Waals surface area contributed by atoms with Crippen LogP contribution in [-0.4, -0.2) is 23.1 Å². The number of nitrogens with zero attached hydrogens (tertiary/aromatic N) is 1. The Kier molecular flexibility index (Phi) is 5.53. The maximum Gasteiger partial charge on any atom is 0.138 e. The molecule has 0 radical (unpaired) electrons. The van der Waals surface area contributed by atoms with E-state index in [1.54, 1.807) is 0 Å². The van der Waals surface area contributed by atoms with E-state index < -0.39 is 0 Å². The number of rotatable bonds is 3. The Hall–Kier alpha value is -0.640. The van der Waals surface area contributed by atoms with E-state index in [0.29, 0.717) is 12.0 Å². The standard InChI is InChI=1S/C21H30BrNO/c1-5-6-13-23-20(16-9-7-8-10-18(16)22)24-19-14-15(2)11-12-17(19)21(23,3)4/h5-10,15,17,19-20H,11-14H2,1-4H3/b6-5+/t15-,17?,19?,20+/m1/s1. The van der Waals surface area contributed by atoms with Gasteiger partial charge in [-0.3, -0.25) is 4.90 Å². The second-order valence-corrected chi connectivity index (χ2v) is 8.80. The van der Waals surface area contributed by atoms with Crippen molar-refractivity contribution in [2.45, 2.75) is 64.8 Å². The second-order valence-electron chi connectivity index (χ2n) is 7.95. The molecule has 0 N–H and O–H groups in total. The maximum atomic E-state index is 6.73. The minimum Gasteiger partial charge on any atom is -0.355 e. The predicted molar refractivity (Wildman–Crippen MR) is 104 cm³/mol. The van der Waals surface area contributed by atoms with E-state index in [4.69, 9.17) is 4.74 Å². The van der Waals surface area contributed by atoms with E-state index in [9.17, 15) is 0 Å². The normalized spacial score (nSPS) is 33.5. The Bertz CT molecular complexity index is 597. The molecule has 2 nitrogen and oxygen atoms in total. The third-order valence-corrected chi connectivity index (χ3v) is 6.72. The van der Waals surface area contributed by atoms with Gasteiger partial charge >= 0.3 is 0 Å². The first-order valence-electron chi connectivity index (χ1n) is 9.23. The second kappa shape index (κ2) is 7.31. The van der Waals surface area contributed by atoms with Crippen LogP contribution in [0.3, 0.4) is 0 Å². The lowest BCUT2D eigenvalue weighted by Gasteiger charge is -2.57. The van der Waals surface area contributed by atoms with Crippen LogP contribution < -0.4 is 0 Å². The van der Waals surface area contributed by atoms with Crippen LogP contribution in [0.25, 0.3) is 0 Å². The molecule has 0 amide bonds. The highest BCUT2D eigenvalue weighted by Gasteiger charge is 2.50. The zero-order valence-electron chi connectivity index (χ0n) is 15.3. The van der Waals surface area contributed by atoms with Crippen molar-refractivity contribution in [2.24, 2.45) is 11.8 Å². The first kappa shape index (κ1) is 18.2. The fraction of sp³-hybridized carbons (Fsp3) is 0.619. The van der Waals surface area contributed by atoms with Crippen LogP contribution in [0.4, 0.5) is 0 Å². The van der Waals surface area contributed by atoms with Gasteiger partial charge in [0.1, 0.15) is 6.23 Å². The van der Waals surface area contributed by atoms with Crippen molar-refractivity contribution in [3.8, 4) is 0 Å². The van der Waals surface area contributed by atoms with Gasteiger partial charge in [-0.15, -0.1) is 0 Å². The molecular formula is C21H30BrNO. The molecule has 1 saturated carbocycles. The lowest BCUT2D eigenvalue weighted by atomic mass is 9.69. The van der Waals surface area contributed by atoms with Crippen LogP contribution in [-0.2, 0) is 4.74 Å². The predicted octanol–water partition coefficient (Wildman–Crippen LogP) is 5.94. The summed E-state index contributed by atoms with van der Waals surface area (Å²) in [5, 5.41) is 0. The molecule has 0 spiro atoms. The van der Waals surface area contributed by atoms with Crippen LogP contribution in [0.15, 0.2) is 40.9 Å². The van der Waals surface area contributed by atoms with Crippen molar-refractivity contribution < 1.29 is 4.74 Å². The van der Waals surface area contributed by atoms with Crippen LogP contribution in [0, 0.1) is 11.8 Å². The van der Waals surface area contributed by atoms with Gasteiger partial charge in [-0.2, -0.15) is 0 Å². The first-order valence-corrected chi connectivity index (χ1v) is 10.0. The van der Waals surface area contributed by atoms with Gasteiger partial charge in [0, 0.05) is 28.0 Å². The summed E-state index contributed by atoms with van der Waals surface area (Å²) in [6.07, 6.45) is 8.55. The Balaban J connectivity index is 1.99. The van der Waals surface area contributed by atoms with Gasteiger partial charge in [-0.1, -0.05) is 59.6 Å². The summed E-state index contributed by atoms with van der Waals surface area (Å²) in [6, 6.07) is 8.50. The van der Waals surface area contributed by atoms with Crippen LogP contribution in [0.5, 0.6) is 0 Å². The van der Waals surface area contributed by atoms with E-state index in [0.717, 1.165) is 16.9 Å². The number of hydrogen-bond acceptors (Lipinski definition) is 2. The van der Waals surface area contributed by atoms with E-state index in [1.165, 1.54) is 24.8 Å². The summed E-state index contributed by atoms with van der Waals surface area (Å²) in [5.41, 5.74) is 1.37. The minimum absolute atomic E-state index is 0.0123. The average Bonchev–Trinajstić information content (AvgIpc) is 2.53. The van der Waals surface area contributed by atoms with Gasteiger partial charge < -0.3 is 4.74 Å². The molecule has 1 saturated heterocycles.